The number of rotatable bonds is 6. The first kappa shape index (κ1) is 14.7. The van der Waals surface area contributed by atoms with Crippen molar-refractivity contribution in [1.82, 2.24) is 4.90 Å². The average Bonchev–Trinajstić information content (AvgIpc) is 3.03. The second-order valence-electron chi connectivity index (χ2n) is 5.22. The fourth-order valence-corrected chi connectivity index (χ4v) is 4.91. The second-order valence-corrected chi connectivity index (χ2v) is 8.96. The topological polar surface area (TPSA) is 20.3 Å². The van der Waals surface area contributed by atoms with Crippen molar-refractivity contribution in [2.75, 3.05) is 13.1 Å². The lowest BCUT2D eigenvalue weighted by Gasteiger charge is -2.23. The first-order valence-corrected chi connectivity index (χ1v) is 8.59. The number of halogens is 2. The van der Waals surface area contributed by atoms with E-state index < -0.39 is 0 Å². The predicted molar refractivity (Wildman–Crippen MR) is 83.5 cm³/mol. The van der Waals surface area contributed by atoms with Gasteiger partial charge in [0.25, 0.3) is 0 Å². The second kappa shape index (κ2) is 6.16. The number of carbonyl (C=O) groups is 1. The third-order valence-corrected chi connectivity index (χ3v) is 5.31. The fourth-order valence-electron chi connectivity index (χ4n) is 2.05. The van der Waals surface area contributed by atoms with E-state index in [1.165, 1.54) is 12.8 Å². The van der Waals surface area contributed by atoms with E-state index in [1.807, 2.05) is 6.07 Å². The zero-order valence-electron chi connectivity index (χ0n) is 10.6. The maximum Gasteiger partial charge on any atom is 0.178 e. The lowest BCUT2D eigenvalue weighted by atomic mass is 10.1. The number of hydrogen-bond acceptors (Lipinski definition) is 3. The van der Waals surface area contributed by atoms with E-state index in [-0.39, 0.29) is 5.78 Å². The van der Waals surface area contributed by atoms with Crippen LogP contribution in [0.3, 0.4) is 0 Å². The smallest absolute Gasteiger partial charge is 0.178 e. The molecule has 2 nitrogen and oxygen atoms in total. The van der Waals surface area contributed by atoms with Gasteiger partial charge in [0.15, 0.2) is 5.78 Å². The summed E-state index contributed by atoms with van der Waals surface area (Å²) in [6.45, 7) is 5.97. The molecule has 1 heterocycles. The Labute approximate surface area is 129 Å². The minimum atomic E-state index is 0.219. The van der Waals surface area contributed by atoms with E-state index >= 15 is 0 Å². The van der Waals surface area contributed by atoms with Gasteiger partial charge in [0.1, 0.15) is 0 Å². The largest absolute Gasteiger partial charge is 0.293 e. The first-order chi connectivity index (χ1) is 8.47. The summed E-state index contributed by atoms with van der Waals surface area (Å²) < 4.78 is 1.93. The molecule has 0 spiro atoms. The van der Waals surface area contributed by atoms with E-state index in [9.17, 15) is 4.79 Å². The lowest BCUT2D eigenvalue weighted by molar-refractivity contribution is 0.0915. The molecule has 1 aliphatic rings. The molecule has 0 amide bonds. The van der Waals surface area contributed by atoms with Crippen molar-refractivity contribution >= 4 is 49.0 Å². The zero-order chi connectivity index (χ0) is 13.3. The van der Waals surface area contributed by atoms with E-state index in [4.69, 9.17) is 0 Å². The van der Waals surface area contributed by atoms with E-state index in [2.05, 4.69) is 50.6 Å². The summed E-state index contributed by atoms with van der Waals surface area (Å²) in [6.07, 6.45) is 2.49. The summed E-state index contributed by atoms with van der Waals surface area (Å²) in [5, 5.41) is 0. The van der Waals surface area contributed by atoms with E-state index in [1.54, 1.807) is 11.3 Å². The average molecular weight is 395 g/mol. The molecule has 1 aliphatic carbocycles. The molecule has 18 heavy (non-hydrogen) atoms. The molecular weight excluding hydrogens is 378 g/mol. The Bertz CT molecular complexity index is 440. The van der Waals surface area contributed by atoms with Gasteiger partial charge in [-0.15, -0.1) is 11.3 Å². The van der Waals surface area contributed by atoms with Crippen LogP contribution in [0.25, 0.3) is 0 Å². The van der Waals surface area contributed by atoms with Gasteiger partial charge in [-0.3, -0.25) is 9.69 Å². The molecule has 1 aromatic heterocycles. The SMILES string of the molecule is CC(C)CN(CC(=O)c1cc(Br)sc1Br)C1CC1. The molecule has 0 bridgehead atoms. The maximum absolute atomic E-state index is 12.3. The Morgan fingerprint density at radius 3 is 2.61 bits per heavy atom. The molecule has 100 valence electrons. The molecule has 2 rings (SSSR count). The summed E-state index contributed by atoms with van der Waals surface area (Å²) >= 11 is 8.44. The number of thiophene rings is 1. The van der Waals surface area contributed by atoms with Gasteiger partial charge in [-0.05, 0) is 56.7 Å². The molecule has 1 saturated carbocycles. The van der Waals surface area contributed by atoms with Crippen LogP contribution in [-0.2, 0) is 0 Å². The van der Waals surface area contributed by atoms with Crippen molar-refractivity contribution in [1.29, 1.82) is 0 Å². The quantitative estimate of drug-likeness (QED) is 0.658. The molecule has 5 heteroatoms. The van der Waals surface area contributed by atoms with E-state index in [0.717, 1.165) is 19.7 Å². The highest BCUT2D eigenvalue weighted by molar-refractivity contribution is 9.12. The van der Waals surface area contributed by atoms with Crippen molar-refractivity contribution in [3.05, 3.63) is 19.2 Å². The summed E-state index contributed by atoms with van der Waals surface area (Å²) in [5.41, 5.74) is 0.807. The lowest BCUT2D eigenvalue weighted by Crippen LogP contribution is -2.34. The van der Waals surface area contributed by atoms with Gasteiger partial charge in [0.05, 0.1) is 14.1 Å². The van der Waals surface area contributed by atoms with Crippen LogP contribution in [0.2, 0.25) is 0 Å². The van der Waals surface area contributed by atoms with Crippen LogP contribution in [0, 0.1) is 5.92 Å². The Morgan fingerprint density at radius 1 is 1.50 bits per heavy atom. The predicted octanol–water partition coefficient (Wildman–Crippen LogP) is 4.58. The van der Waals surface area contributed by atoms with Gasteiger partial charge in [-0.2, -0.15) is 0 Å². The molecule has 0 N–H and O–H groups in total. The molecule has 0 atom stereocenters. The molecule has 0 saturated heterocycles. The van der Waals surface area contributed by atoms with Gasteiger partial charge >= 0.3 is 0 Å². The Kier molecular flexibility index (Phi) is 5.03. The van der Waals surface area contributed by atoms with Crippen LogP contribution in [0.1, 0.15) is 37.0 Å². The van der Waals surface area contributed by atoms with Crippen LogP contribution in [0.5, 0.6) is 0 Å². The Balaban J connectivity index is 2.02. The van der Waals surface area contributed by atoms with Gasteiger partial charge in [0, 0.05) is 18.2 Å². The van der Waals surface area contributed by atoms with Crippen LogP contribution in [0.15, 0.2) is 13.6 Å². The van der Waals surface area contributed by atoms with Crippen molar-refractivity contribution in [2.45, 2.75) is 32.7 Å². The minimum absolute atomic E-state index is 0.219. The molecular formula is C13H17Br2NOS. The highest BCUT2D eigenvalue weighted by Crippen LogP contribution is 2.33. The summed E-state index contributed by atoms with van der Waals surface area (Å²) in [4.78, 5) is 14.7. The highest BCUT2D eigenvalue weighted by atomic mass is 79.9. The van der Waals surface area contributed by atoms with E-state index in [0.29, 0.717) is 18.5 Å². The molecule has 0 aromatic carbocycles. The summed E-state index contributed by atoms with van der Waals surface area (Å²) in [5.74, 6) is 0.826. The summed E-state index contributed by atoms with van der Waals surface area (Å²) in [7, 11) is 0. The molecule has 0 radical (unpaired) electrons. The molecule has 0 aliphatic heterocycles. The van der Waals surface area contributed by atoms with Gasteiger partial charge in [-0.1, -0.05) is 13.8 Å². The minimum Gasteiger partial charge on any atom is -0.293 e. The fraction of sp³-hybridized carbons (Fsp3) is 0.615. The first-order valence-electron chi connectivity index (χ1n) is 6.19. The number of hydrogen-bond donors (Lipinski definition) is 0. The number of Topliss-reactive ketones (excluding diaryl/α,β-unsaturated/α-hetero) is 1. The van der Waals surface area contributed by atoms with Crippen molar-refractivity contribution in [3.8, 4) is 0 Å². The third kappa shape index (κ3) is 3.89. The molecule has 1 aromatic rings. The molecule has 0 unspecified atom stereocenters. The monoisotopic (exact) mass is 393 g/mol. The maximum atomic E-state index is 12.3. The van der Waals surface area contributed by atoms with Crippen molar-refractivity contribution in [3.63, 3.8) is 0 Å². The van der Waals surface area contributed by atoms with Crippen molar-refractivity contribution < 1.29 is 4.79 Å². The van der Waals surface area contributed by atoms with Crippen molar-refractivity contribution in [2.24, 2.45) is 5.92 Å². The Morgan fingerprint density at radius 2 is 2.17 bits per heavy atom. The van der Waals surface area contributed by atoms with Gasteiger partial charge in [0.2, 0.25) is 0 Å². The highest BCUT2D eigenvalue weighted by Gasteiger charge is 2.31. The standard InChI is InChI=1S/C13H17Br2NOS/c1-8(2)6-16(9-3-4-9)7-11(17)10-5-12(14)18-13(10)15/h5,8-9H,3-4,6-7H2,1-2H3. The van der Waals surface area contributed by atoms with Crippen LogP contribution in [0.4, 0.5) is 0 Å². The van der Waals surface area contributed by atoms with Gasteiger partial charge < -0.3 is 0 Å². The zero-order valence-corrected chi connectivity index (χ0v) is 14.6. The Hall–Kier alpha value is 0.290. The number of nitrogens with zero attached hydrogens (tertiary/aromatic N) is 1. The normalized spacial score (nSPS) is 15.7. The number of ketones is 1. The molecule has 1 fully saturated rings. The summed E-state index contributed by atoms with van der Waals surface area (Å²) in [6, 6.07) is 2.55. The van der Waals surface area contributed by atoms with Crippen LogP contribution in [-0.4, -0.2) is 29.8 Å². The number of carbonyl (C=O) groups excluding carboxylic acids is 1. The van der Waals surface area contributed by atoms with Crippen LogP contribution < -0.4 is 0 Å². The van der Waals surface area contributed by atoms with Gasteiger partial charge in [-0.25, -0.2) is 0 Å². The third-order valence-electron chi connectivity index (χ3n) is 2.97. The van der Waals surface area contributed by atoms with Crippen LogP contribution >= 0.6 is 43.2 Å².